The molecule has 0 radical (unpaired) electrons. The Morgan fingerprint density at radius 1 is 1.14 bits per heavy atom. The number of rotatable bonds is 3. The van der Waals surface area contributed by atoms with Crippen molar-refractivity contribution in [2.75, 3.05) is 5.73 Å². The quantitative estimate of drug-likeness (QED) is 0.755. The second kappa shape index (κ2) is 5.61. The number of hydrogen-bond donors (Lipinski definition) is 1. The Bertz CT molecular complexity index is 810. The van der Waals surface area contributed by atoms with Gasteiger partial charge in [-0.1, -0.05) is 24.3 Å². The predicted molar refractivity (Wildman–Crippen MR) is 82.7 cm³/mol. The van der Waals surface area contributed by atoms with E-state index in [-0.39, 0.29) is 11.4 Å². The third-order valence-corrected chi connectivity index (χ3v) is 4.49. The molecule has 0 bridgehead atoms. The van der Waals surface area contributed by atoms with Gasteiger partial charge >= 0.3 is 0 Å². The Morgan fingerprint density at radius 2 is 1.95 bits per heavy atom. The molecular formula is C16H13FN2OS. The highest BCUT2D eigenvalue weighted by Crippen LogP contribution is 2.21. The molecule has 3 aromatic rings. The van der Waals surface area contributed by atoms with Crippen LogP contribution in [0.1, 0.15) is 5.56 Å². The molecule has 5 heteroatoms. The van der Waals surface area contributed by atoms with E-state index in [9.17, 15) is 8.60 Å². The van der Waals surface area contributed by atoms with Crippen molar-refractivity contribution in [3.63, 3.8) is 0 Å². The van der Waals surface area contributed by atoms with Gasteiger partial charge in [0.25, 0.3) is 0 Å². The van der Waals surface area contributed by atoms with Crippen molar-refractivity contribution < 1.29 is 8.60 Å². The minimum Gasteiger partial charge on any atom is -0.399 e. The lowest BCUT2D eigenvalue weighted by molar-refractivity contribution is 0.623. The lowest BCUT2D eigenvalue weighted by Crippen LogP contribution is -2.00. The van der Waals surface area contributed by atoms with E-state index in [0.29, 0.717) is 4.90 Å². The number of nitrogens with two attached hydrogens (primary N) is 1. The second-order valence-electron chi connectivity index (χ2n) is 4.70. The fourth-order valence-corrected chi connectivity index (χ4v) is 3.42. The van der Waals surface area contributed by atoms with Crippen molar-refractivity contribution in [1.29, 1.82) is 0 Å². The summed E-state index contributed by atoms with van der Waals surface area (Å²) >= 11 is 0. The molecule has 1 heterocycles. The number of fused-ring (bicyclic) bond motifs is 1. The monoisotopic (exact) mass is 300 g/mol. The van der Waals surface area contributed by atoms with Crippen LogP contribution < -0.4 is 5.73 Å². The molecule has 3 rings (SSSR count). The largest absolute Gasteiger partial charge is 0.399 e. The summed E-state index contributed by atoms with van der Waals surface area (Å²) in [5, 5.41) is 0.991. The molecule has 1 unspecified atom stereocenters. The first-order chi connectivity index (χ1) is 10.1. The van der Waals surface area contributed by atoms with Gasteiger partial charge in [-0.2, -0.15) is 0 Å². The predicted octanol–water partition coefficient (Wildman–Crippen LogP) is 3.26. The number of pyridine rings is 1. The van der Waals surface area contributed by atoms with Crippen molar-refractivity contribution in [3.8, 4) is 0 Å². The molecule has 0 aliphatic heterocycles. The van der Waals surface area contributed by atoms with Crippen LogP contribution in [0.15, 0.2) is 59.6 Å². The van der Waals surface area contributed by atoms with Gasteiger partial charge in [0.05, 0.1) is 22.1 Å². The highest BCUT2D eigenvalue weighted by atomic mass is 32.2. The lowest BCUT2D eigenvalue weighted by atomic mass is 10.1. The van der Waals surface area contributed by atoms with E-state index in [1.165, 1.54) is 18.2 Å². The fraction of sp³-hybridized carbons (Fsp3) is 0.0625. The number of halogens is 1. The van der Waals surface area contributed by atoms with E-state index < -0.39 is 16.6 Å². The molecule has 2 aromatic carbocycles. The zero-order valence-electron chi connectivity index (χ0n) is 11.1. The maximum absolute atomic E-state index is 13.4. The zero-order chi connectivity index (χ0) is 14.8. The standard InChI is InChI=1S/C16H13FN2OS/c17-13-7-14(18)9-15(8-13)21(20)10-12-4-1-3-11-5-2-6-19-16(11)12/h1-9H,10,18H2. The maximum atomic E-state index is 13.4. The van der Waals surface area contributed by atoms with E-state index in [2.05, 4.69) is 4.98 Å². The number of aromatic nitrogens is 1. The van der Waals surface area contributed by atoms with Crippen LogP contribution in [-0.4, -0.2) is 9.19 Å². The van der Waals surface area contributed by atoms with Crippen molar-refractivity contribution in [2.45, 2.75) is 10.6 Å². The molecule has 0 aliphatic rings. The summed E-state index contributed by atoms with van der Waals surface area (Å²) < 4.78 is 25.8. The fourth-order valence-electron chi connectivity index (χ4n) is 2.22. The van der Waals surface area contributed by atoms with E-state index >= 15 is 0 Å². The number of hydrogen-bond acceptors (Lipinski definition) is 3. The van der Waals surface area contributed by atoms with Gasteiger partial charge in [0.1, 0.15) is 5.82 Å². The first-order valence-corrected chi connectivity index (χ1v) is 7.72. The van der Waals surface area contributed by atoms with Crippen molar-refractivity contribution in [2.24, 2.45) is 0 Å². The molecule has 1 aromatic heterocycles. The van der Waals surface area contributed by atoms with Crippen molar-refractivity contribution in [1.82, 2.24) is 4.98 Å². The number of nitrogen functional groups attached to an aromatic ring is 1. The van der Waals surface area contributed by atoms with Gasteiger partial charge in [0, 0.05) is 22.2 Å². The van der Waals surface area contributed by atoms with Gasteiger partial charge in [0.15, 0.2) is 0 Å². The number of anilines is 1. The molecule has 1 atom stereocenters. The van der Waals surface area contributed by atoms with Crippen LogP contribution in [0.5, 0.6) is 0 Å². The molecule has 0 fully saturated rings. The third-order valence-electron chi connectivity index (χ3n) is 3.16. The van der Waals surface area contributed by atoms with Crippen LogP contribution >= 0.6 is 0 Å². The molecule has 106 valence electrons. The molecule has 3 nitrogen and oxygen atoms in total. The number of benzene rings is 2. The minimum absolute atomic E-state index is 0.273. The highest BCUT2D eigenvalue weighted by molar-refractivity contribution is 7.84. The normalized spacial score (nSPS) is 12.4. The van der Waals surface area contributed by atoms with Gasteiger partial charge in [-0.25, -0.2) is 4.39 Å². The first kappa shape index (κ1) is 13.7. The smallest absolute Gasteiger partial charge is 0.126 e. The van der Waals surface area contributed by atoms with Crippen LogP contribution in [0, 0.1) is 5.82 Å². The SMILES string of the molecule is Nc1cc(F)cc(S(=O)Cc2cccc3cccnc23)c1. The Labute approximate surface area is 124 Å². The summed E-state index contributed by atoms with van der Waals surface area (Å²) in [6.45, 7) is 0. The van der Waals surface area contributed by atoms with Gasteiger partial charge in [-0.05, 0) is 29.8 Å². The molecule has 0 saturated heterocycles. The van der Waals surface area contributed by atoms with Crippen molar-refractivity contribution in [3.05, 3.63) is 66.1 Å². The van der Waals surface area contributed by atoms with Gasteiger partial charge in [0.2, 0.25) is 0 Å². The molecule has 0 saturated carbocycles. The molecular weight excluding hydrogens is 287 g/mol. The van der Waals surface area contributed by atoms with Crippen LogP contribution in [0.3, 0.4) is 0 Å². The average molecular weight is 300 g/mol. The minimum atomic E-state index is -1.37. The van der Waals surface area contributed by atoms with Crippen molar-refractivity contribution >= 4 is 27.4 Å². The second-order valence-corrected chi connectivity index (χ2v) is 6.15. The summed E-state index contributed by atoms with van der Waals surface area (Å²) in [7, 11) is -1.37. The van der Waals surface area contributed by atoms with E-state index in [0.717, 1.165) is 16.5 Å². The number of para-hydroxylation sites is 1. The van der Waals surface area contributed by atoms with E-state index in [4.69, 9.17) is 5.73 Å². The van der Waals surface area contributed by atoms with Gasteiger partial charge in [-0.15, -0.1) is 0 Å². The maximum Gasteiger partial charge on any atom is 0.126 e. The van der Waals surface area contributed by atoms with Crippen LogP contribution in [0.25, 0.3) is 10.9 Å². The first-order valence-electron chi connectivity index (χ1n) is 6.40. The lowest BCUT2D eigenvalue weighted by Gasteiger charge is -2.07. The number of nitrogens with zero attached hydrogens (tertiary/aromatic N) is 1. The topological polar surface area (TPSA) is 56.0 Å². The van der Waals surface area contributed by atoms with Crippen LogP contribution in [-0.2, 0) is 16.6 Å². The summed E-state index contributed by atoms with van der Waals surface area (Å²) in [6.07, 6.45) is 1.70. The molecule has 2 N–H and O–H groups in total. The van der Waals surface area contributed by atoms with Gasteiger partial charge < -0.3 is 5.73 Å². The van der Waals surface area contributed by atoms with Gasteiger partial charge in [-0.3, -0.25) is 9.19 Å². The molecule has 0 aliphatic carbocycles. The highest BCUT2D eigenvalue weighted by Gasteiger charge is 2.10. The van der Waals surface area contributed by atoms with E-state index in [1.54, 1.807) is 6.20 Å². The molecule has 0 spiro atoms. The van der Waals surface area contributed by atoms with E-state index in [1.807, 2.05) is 30.3 Å². The Balaban J connectivity index is 1.96. The summed E-state index contributed by atoms with van der Waals surface area (Å²) in [5.41, 5.74) is 7.55. The van der Waals surface area contributed by atoms with Crippen LogP contribution in [0.4, 0.5) is 10.1 Å². The summed E-state index contributed by atoms with van der Waals surface area (Å²) in [6, 6.07) is 13.6. The summed E-state index contributed by atoms with van der Waals surface area (Å²) in [5.74, 6) is -0.202. The Hall–Kier alpha value is -2.27. The van der Waals surface area contributed by atoms with Crippen LogP contribution in [0.2, 0.25) is 0 Å². The molecule has 21 heavy (non-hydrogen) atoms. The average Bonchev–Trinajstić information content (AvgIpc) is 2.46. The Kier molecular flexibility index (Phi) is 3.66. The summed E-state index contributed by atoms with van der Waals surface area (Å²) in [4.78, 5) is 4.72. The zero-order valence-corrected chi connectivity index (χ0v) is 11.9. The molecule has 0 amide bonds. The Morgan fingerprint density at radius 3 is 2.76 bits per heavy atom. The third kappa shape index (κ3) is 2.92.